The third-order valence-electron chi connectivity index (χ3n) is 5.62. The number of carbonyl (C=O) groups excluding carboxylic acids is 2. The molecule has 10 nitrogen and oxygen atoms in total. The first-order chi connectivity index (χ1) is 17.4. The van der Waals surface area contributed by atoms with E-state index in [0.29, 0.717) is 28.7 Å². The molecule has 0 fully saturated rings. The third kappa shape index (κ3) is 5.96. The van der Waals surface area contributed by atoms with Crippen LogP contribution in [0.1, 0.15) is 55.2 Å². The number of anilines is 1. The maximum Gasteiger partial charge on any atom is 0.251 e. The second-order valence-corrected chi connectivity index (χ2v) is 10.2. The topological polar surface area (TPSA) is 119 Å². The van der Waals surface area contributed by atoms with E-state index in [1.165, 1.54) is 9.70 Å². The SMILES string of the molecule is Cc1ccc(C)c(N(C(=O)Cn2nnc(-c3ccc(C)o3)n2)[C@@H](C(=O)NC(C)(C)C)c2ccc(C)o2)c1. The first-order valence-corrected chi connectivity index (χ1v) is 12.0. The molecule has 37 heavy (non-hydrogen) atoms. The van der Waals surface area contributed by atoms with Crippen molar-refractivity contribution in [1.82, 2.24) is 25.5 Å². The van der Waals surface area contributed by atoms with Gasteiger partial charge in [0.25, 0.3) is 11.8 Å². The number of nitrogens with zero attached hydrogens (tertiary/aromatic N) is 5. The van der Waals surface area contributed by atoms with E-state index in [0.717, 1.165) is 11.1 Å². The molecule has 0 saturated heterocycles. The van der Waals surface area contributed by atoms with Gasteiger partial charge in [0, 0.05) is 11.2 Å². The van der Waals surface area contributed by atoms with Crippen molar-refractivity contribution < 1.29 is 18.4 Å². The van der Waals surface area contributed by atoms with Gasteiger partial charge in [-0.2, -0.15) is 4.80 Å². The van der Waals surface area contributed by atoms with E-state index in [1.807, 2.05) is 59.7 Å². The lowest BCUT2D eigenvalue weighted by Crippen LogP contribution is -2.50. The summed E-state index contributed by atoms with van der Waals surface area (Å²) >= 11 is 0. The van der Waals surface area contributed by atoms with Crippen LogP contribution in [-0.4, -0.2) is 37.6 Å². The van der Waals surface area contributed by atoms with Crippen LogP contribution < -0.4 is 10.2 Å². The summed E-state index contributed by atoms with van der Waals surface area (Å²) in [5.41, 5.74) is 1.83. The van der Waals surface area contributed by atoms with Crippen molar-refractivity contribution in [3.63, 3.8) is 0 Å². The van der Waals surface area contributed by atoms with Gasteiger partial charge in [0.1, 0.15) is 23.8 Å². The van der Waals surface area contributed by atoms with Gasteiger partial charge in [-0.1, -0.05) is 12.1 Å². The van der Waals surface area contributed by atoms with Crippen LogP contribution in [0.25, 0.3) is 11.6 Å². The predicted molar refractivity (Wildman–Crippen MR) is 138 cm³/mol. The number of hydrogen-bond acceptors (Lipinski definition) is 7. The van der Waals surface area contributed by atoms with Crippen LogP contribution in [0.5, 0.6) is 0 Å². The highest BCUT2D eigenvalue weighted by Gasteiger charge is 2.37. The Kier molecular flexibility index (Phi) is 7.02. The first-order valence-electron chi connectivity index (χ1n) is 12.0. The minimum atomic E-state index is -1.06. The van der Waals surface area contributed by atoms with Crippen LogP contribution in [0.2, 0.25) is 0 Å². The van der Waals surface area contributed by atoms with Crippen LogP contribution in [0.3, 0.4) is 0 Å². The van der Waals surface area contributed by atoms with Gasteiger partial charge in [-0.05, 0) is 95.1 Å². The van der Waals surface area contributed by atoms with Gasteiger partial charge < -0.3 is 14.2 Å². The third-order valence-corrected chi connectivity index (χ3v) is 5.62. The predicted octanol–water partition coefficient (Wildman–Crippen LogP) is 4.45. The average Bonchev–Trinajstić information content (AvgIpc) is 3.54. The van der Waals surface area contributed by atoms with E-state index in [-0.39, 0.29) is 18.3 Å². The number of amides is 2. The minimum absolute atomic E-state index is 0.251. The first kappa shape index (κ1) is 25.9. The average molecular weight is 505 g/mol. The van der Waals surface area contributed by atoms with Gasteiger partial charge in [0.15, 0.2) is 11.8 Å². The summed E-state index contributed by atoms with van der Waals surface area (Å²) in [6.07, 6.45) is 0. The van der Waals surface area contributed by atoms with Gasteiger partial charge in [-0.15, -0.1) is 10.2 Å². The van der Waals surface area contributed by atoms with Crippen molar-refractivity contribution in [3.8, 4) is 11.6 Å². The maximum absolute atomic E-state index is 14.0. The molecule has 4 rings (SSSR count). The van der Waals surface area contributed by atoms with Gasteiger partial charge in [-0.25, -0.2) is 0 Å². The van der Waals surface area contributed by atoms with Gasteiger partial charge >= 0.3 is 0 Å². The highest BCUT2D eigenvalue weighted by molar-refractivity contribution is 6.01. The molecule has 3 aromatic heterocycles. The Labute approximate surface area is 215 Å². The standard InChI is InChI=1S/C27H32N6O4/c1-16-8-9-17(2)20(14-16)33(24(21-12-10-18(3)36-21)26(35)28-27(5,6)7)23(34)15-32-30-25(29-31-32)22-13-11-19(4)37-22/h8-14,24H,15H2,1-7H3,(H,28,35)/t24-/m1/s1. The lowest BCUT2D eigenvalue weighted by Gasteiger charge is -2.33. The summed E-state index contributed by atoms with van der Waals surface area (Å²) in [7, 11) is 0. The molecule has 0 unspecified atom stereocenters. The normalized spacial score (nSPS) is 12.4. The van der Waals surface area contributed by atoms with E-state index < -0.39 is 17.5 Å². The number of carbonyl (C=O) groups is 2. The molecule has 1 aromatic carbocycles. The van der Waals surface area contributed by atoms with Crippen molar-refractivity contribution in [2.75, 3.05) is 4.90 Å². The molecule has 10 heteroatoms. The van der Waals surface area contributed by atoms with Gasteiger partial charge in [-0.3, -0.25) is 14.5 Å². The van der Waals surface area contributed by atoms with E-state index in [4.69, 9.17) is 8.83 Å². The maximum atomic E-state index is 14.0. The summed E-state index contributed by atoms with van der Waals surface area (Å²) in [6, 6.07) is 11.7. The Morgan fingerprint density at radius 1 is 1.00 bits per heavy atom. The van der Waals surface area contributed by atoms with Gasteiger partial charge in [0.05, 0.1) is 0 Å². The number of nitrogens with one attached hydrogen (secondary N) is 1. The molecule has 0 bridgehead atoms. The van der Waals surface area contributed by atoms with Crippen molar-refractivity contribution in [2.45, 2.75) is 66.6 Å². The monoisotopic (exact) mass is 504 g/mol. The fourth-order valence-electron chi connectivity index (χ4n) is 3.97. The molecule has 194 valence electrons. The zero-order valence-corrected chi connectivity index (χ0v) is 22.2. The Morgan fingerprint density at radius 2 is 1.70 bits per heavy atom. The molecule has 0 aliphatic heterocycles. The quantitative estimate of drug-likeness (QED) is 0.395. The number of aryl methyl sites for hydroxylation is 4. The highest BCUT2D eigenvalue weighted by atomic mass is 16.3. The zero-order valence-electron chi connectivity index (χ0n) is 22.2. The Hall–Kier alpha value is -4.21. The number of furan rings is 2. The fourth-order valence-corrected chi connectivity index (χ4v) is 3.97. The highest BCUT2D eigenvalue weighted by Crippen LogP contribution is 2.33. The lowest BCUT2D eigenvalue weighted by molar-refractivity contribution is -0.128. The smallest absolute Gasteiger partial charge is 0.251 e. The Morgan fingerprint density at radius 3 is 2.32 bits per heavy atom. The molecule has 1 atom stereocenters. The zero-order chi connectivity index (χ0) is 26.9. The summed E-state index contributed by atoms with van der Waals surface area (Å²) < 4.78 is 11.5. The number of rotatable bonds is 7. The molecule has 0 spiro atoms. The van der Waals surface area contributed by atoms with Gasteiger partial charge in [0.2, 0.25) is 5.82 Å². The fraction of sp³-hybridized carbons (Fsp3) is 0.370. The number of aromatic nitrogens is 4. The summed E-state index contributed by atoms with van der Waals surface area (Å²) in [4.78, 5) is 30.3. The summed E-state index contributed by atoms with van der Waals surface area (Å²) in [5.74, 6) is 1.65. The van der Waals surface area contributed by atoms with E-state index in [1.54, 1.807) is 31.2 Å². The van der Waals surface area contributed by atoms with Crippen molar-refractivity contribution in [3.05, 3.63) is 70.9 Å². The molecule has 1 N–H and O–H groups in total. The lowest BCUT2D eigenvalue weighted by atomic mass is 10.0. The number of tetrazole rings is 1. The largest absolute Gasteiger partial charge is 0.464 e. The Balaban J connectivity index is 1.77. The molecular formula is C27H32N6O4. The number of hydrogen-bond donors (Lipinski definition) is 1. The van der Waals surface area contributed by atoms with Crippen molar-refractivity contribution in [1.29, 1.82) is 0 Å². The summed E-state index contributed by atoms with van der Waals surface area (Å²) in [6.45, 7) is 12.8. The van der Waals surface area contributed by atoms with Crippen molar-refractivity contribution >= 4 is 17.5 Å². The van der Waals surface area contributed by atoms with Crippen LogP contribution in [0, 0.1) is 27.7 Å². The second-order valence-electron chi connectivity index (χ2n) is 10.2. The van der Waals surface area contributed by atoms with E-state index in [9.17, 15) is 9.59 Å². The van der Waals surface area contributed by atoms with E-state index in [2.05, 4.69) is 20.7 Å². The van der Waals surface area contributed by atoms with Crippen molar-refractivity contribution in [2.24, 2.45) is 0 Å². The molecule has 0 saturated carbocycles. The molecule has 0 radical (unpaired) electrons. The Bertz CT molecular complexity index is 1420. The van der Waals surface area contributed by atoms with Crippen LogP contribution in [0.4, 0.5) is 5.69 Å². The molecule has 4 aromatic rings. The summed E-state index contributed by atoms with van der Waals surface area (Å²) in [5, 5.41) is 15.4. The minimum Gasteiger partial charge on any atom is -0.464 e. The van der Waals surface area contributed by atoms with Crippen LogP contribution in [0.15, 0.2) is 51.3 Å². The molecule has 3 heterocycles. The van der Waals surface area contributed by atoms with Crippen LogP contribution >= 0.6 is 0 Å². The molecule has 2 amide bonds. The molecule has 0 aliphatic rings. The molecular weight excluding hydrogens is 472 g/mol. The molecule has 0 aliphatic carbocycles. The second kappa shape index (κ2) is 10.0. The number of benzene rings is 1. The van der Waals surface area contributed by atoms with E-state index >= 15 is 0 Å². The van der Waals surface area contributed by atoms with Crippen LogP contribution in [-0.2, 0) is 16.1 Å².